The normalized spacial score (nSPS) is 14.6. The number of hydrogen-bond donors (Lipinski definition) is 3. The standard InChI is InChI=1S/C9H17N3O2/c1-2-10-8(13)5-6-11-9(14)12-7-3-4-7/h7H,2-6H2,1H3,(H,10,13)(H2,11,12,14). The van der Waals surface area contributed by atoms with E-state index in [4.69, 9.17) is 0 Å². The maximum absolute atomic E-state index is 11.1. The molecule has 0 aromatic heterocycles. The predicted molar refractivity (Wildman–Crippen MR) is 52.9 cm³/mol. The Morgan fingerprint density at radius 1 is 1.29 bits per heavy atom. The summed E-state index contributed by atoms with van der Waals surface area (Å²) in [5.74, 6) is -0.0285. The third-order valence-corrected chi connectivity index (χ3v) is 1.92. The second-order valence-corrected chi connectivity index (χ2v) is 3.38. The number of urea groups is 1. The molecule has 0 aromatic rings. The van der Waals surface area contributed by atoms with Crippen molar-refractivity contribution >= 4 is 11.9 Å². The number of carbonyl (C=O) groups excluding carboxylic acids is 2. The van der Waals surface area contributed by atoms with Gasteiger partial charge in [-0.15, -0.1) is 0 Å². The summed E-state index contributed by atoms with van der Waals surface area (Å²) in [6, 6.07) is 0.191. The van der Waals surface area contributed by atoms with E-state index in [9.17, 15) is 9.59 Å². The molecule has 0 heterocycles. The summed E-state index contributed by atoms with van der Waals surface area (Å²) in [5.41, 5.74) is 0. The van der Waals surface area contributed by atoms with E-state index in [1.807, 2.05) is 6.92 Å². The molecule has 5 nitrogen and oxygen atoms in total. The highest BCUT2D eigenvalue weighted by molar-refractivity contribution is 5.78. The molecule has 3 amide bonds. The van der Waals surface area contributed by atoms with Crippen molar-refractivity contribution < 1.29 is 9.59 Å². The average Bonchev–Trinajstić information content (AvgIpc) is 2.88. The van der Waals surface area contributed by atoms with Gasteiger partial charge in [-0.1, -0.05) is 0 Å². The van der Waals surface area contributed by atoms with Crippen molar-refractivity contribution in [3.8, 4) is 0 Å². The van der Waals surface area contributed by atoms with Gasteiger partial charge in [0.05, 0.1) is 0 Å². The highest BCUT2D eigenvalue weighted by Crippen LogP contribution is 2.18. The van der Waals surface area contributed by atoms with Crippen LogP contribution in [0.5, 0.6) is 0 Å². The van der Waals surface area contributed by atoms with E-state index in [1.54, 1.807) is 0 Å². The summed E-state index contributed by atoms with van der Waals surface area (Å²) in [6.45, 7) is 2.89. The number of amides is 3. The second-order valence-electron chi connectivity index (χ2n) is 3.38. The fourth-order valence-electron chi connectivity index (χ4n) is 1.04. The first-order chi connectivity index (χ1) is 6.72. The van der Waals surface area contributed by atoms with Gasteiger partial charge in [-0.05, 0) is 19.8 Å². The van der Waals surface area contributed by atoms with Gasteiger partial charge < -0.3 is 16.0 Å². The van der Waals surface area contributed by atoms with Crippen LogP contribution in [0, 0.1) is 0 Å². The fourth-order valence-corrected chi connectivity index (χ4v) is 1.04. The van der Waals surface area contributed by atoms with E-state index in [1.165, 1.54) is 0 Å². The topological polar surface area (TPSA) is 70.2 Å². The minimum Gasteiger partial charge on any atom is -0.356 e. The number of carbonyl (C=O) groups is 2. The lowest BCUT2D eigenvalue weighted by Crippen LogP contribution is -2.38. The van der Waals surface area contributed by atoms with Crippen LogP contribution in [-0.4, -0.2) is 31.1 Å². The number of hydrogen-bond acceptors (Lipinski definition) is 2. The average molecular weight is 199 g/mol. The molecule has 80 valence electrons. The Hall–Kier alpha value is -1.26. The van der Waals surface area contributed by atoms with Gasteiger partial charge in [0.25, 0.3) is 0 Å². The summed E-state index contributed by atoms with van der Waals surface area (Å²) in [5, 5.41) is 8.07. The van der Waals surface area contributed by atoms with Gasteiger partial charge >= 0.3 is 6.03 Å². The first kappa shape index (κ1) is 10.8. The van der Waals surface area contributed by atoms with Crippen LogP contribution in [0.4, 0.5) is 4.79 Å². The van der Waals surface area contributed by atoms with E-state index in [0.29, 0.717) is 25.6 Å². The zero-order chi connectivity index (χ0) is 10.4. The third kappa shape index (κ3) is 4.69. The van der Waals surface area contributed by atoms with Crippen molar-refractivity contribution in [2.45, 2.75) is 32.2 Å². The van der Waals surface area contributed by atoms with Crippen molar-refractivity contribution in [1.29, 1.82) is 0 Å². The van der Waals surface area contributed by atoms with E-state index >= 15 is 0 Å². The molecule has 0 spiro atoms. The minimum atomic E-state index is -0.170. The molecule has 0 bridgehead atoms. The van der Waals surface area contributed by atoms with Crippen LogP contribution in [0.1, 0.15) is 26.2 Å². The Bertz CT molecular complexity index is 214. The van der Waals surface area contributed by atoms with Gasteiger partial charge in [-0.2, -0.15) is 0 Å². The summed E-state index contributed by atoms with van der Waals surface area (Å²) < 4.78 is 0. The van der Waals surface area contributed by atoms with Gasteiger partial charge in [0.2, 0.25) is 5.91 Å². The highest BCUT2D eigenvalue weighted by atomic mass is 16.2. The van der Waals surface area contributed by atoms with Crippen LogP contribution in [0.3, 0.4) is 0 Å². The molecule has 1 aliphatic rings. The summed E-state index contributed by atoms with van der Waals surface area (Å²) in [4.78, 5) is 22.1. The van der Waals surface area contributed by atoms with Crippen molar-refractivity contribution in [2.24, 2.45) is 0 Å². The number of rotatable bonds is 5. The zero-order valence-corrected chi connectivity index (χ0v) is 8.43. The van der Waals surface area contributed by atoms with Crippen LogP contribution in [0.2, 0.25) is 0 Å². The first-order valence-electron chi connectivity index (χ1n) is 5.03. The van der Waals surface area contributed by atoms with Crippen molar-refractivity contribution in [3.63, 3.8) is 0 Å². The van der Waals surface area contributed by atoms with Crippen LogP contribution in [0.25, 0.3) is 0 Å². The summed E-state index contributed by atoms with van der Waals surface area (Å²) >= 11 is 0. The molecule has 3 N–H and O–H groups in total. The van der Waals surface area contributed by atoms with Gasteiger partial charge in [-0.25, -0.2) is 4.79 Å². The zero-order valence-electron chi connectivity index (χ0n) is 8.43. The highest BCUT2D eigenvalue weighted by Gasteiger charge is 2.22. The molecule has 1 fully saturated rings. The fraction of sp³-hybridized carbons (Fsp3) is 0.778. The van der Waals surface area contributed by atoms with Crippen molar-refractivity contribution in [1.82, 2.24) is 16.0 Å². The Labute approximate surface area is 83.6 Å². The Kier molecular flexibility index (Phi) is 4.22. The monoisotopic (exact) mass is 199 g/mol. The second kappa shape index (κ2) is 5.47. The van der Waals surface area contributed by atoms with E-state index in [0.717, 1.165) is 12.8 Å². The SMILES string of the molecule is CCNC(=O)CCNC(=O)NC1CC1. The quantitative estimate of drug-likeness (QED) is 0.582. The van der Waals surface area contributed by atoms with Crippen LogP contribution in [0.15, 0.2) is 0 Å². The third-order valence-electron chi connectivity index (χ3n) is 1.92. The molecular formula is C9H17N3O2. The Morgan fingerprint density at radius 3 is 2.57 bits per heavy atom. The van der Waals surface area contributed by atoms with Crippen LogP contribution >= 0.6 is 0 Å². The Morgan fingerprint density at radius 2 is 2.00 bits per heavy atom. The molecule has 5 heteroatoms. The van der Waals surface area contributed by atoms with Crippen molar-refractivity contribution in [2.75, 3.05) is 13.1 Å². The lowest BCUT2D eigenvalue weighted by molar-refractivity contribution is -0.120. The molecule has 0 aromatic carbocycles. The maximum Gasteiger partial charge on any atom is 0.315 e. The lowest BCUT2D eigenvalue weighted by Gasteiger charge is -2.06. The summed E-state index contributed by atoms with van der Waals surface area (Å²) in [7, 11) is 0. The van der Waals surface area contributed by atoms with E-state index < -0.39 is 0 Å². The smallest absolute Gasteiger partial charge is 0.315 e. The van der Waals surface area contributed by atoms with Gasteiger partial charge in [-0.3, -0.25) is 4.79 Å². The molecule has 14 heavy (non-hydrogen) atoms. The molecule has 0 radical (unpaired) electrons. The van der Waals surface area contributed by atoms with Gasteiger partial charge in [0.15, 0.2) is 0 Å². The van der Waals surface area contributed by atoms with Crippen molar-refractivity contribution in [3.05, 3.63) is 0 Å². The van der Waals surface area contributed by atoms with E-state index in [2.05, 4.69) is 16.0 Å². The minimum absolute atomic E-state index is 0.0285. The predicted octanol–water partition coefficient (Wildman–Crippen LogP) is -0.0258. The maximum atomic E-state index is 11.1. The van der Waals surface area contributed by atoms with Gasteiger partial charge in [0.1, 0.15) is 0 Å². The molecular weight excluding hydrogens is 182 g/mol. The van der Waals surface area contributed by atoms with Gasteiger partial charge in [0, 0.05) is 25.6 Å². The van der Waals surface area contributed by atoms with E-state index in [-0.39, 0.29) is 11.9 Å². The first-order valence-corrected chi connectivity index (χ1v) is 5.03. The molecule has 1 rings (SSSR count). The molecule has 1 aliphatic carbocycles. The van der Waals surface area contributed by atoms with Crippen LogP contribution < -0.4 is 16.0 Å². The summed E-state index contributed by atoms with van der Waals surface area (Å²) in [6.07, 6.45) is 2.49. The molecule has 0 aliphatic heterocycles. The molecule has 0 saturated heterocycles. The molecule has 0 atom stereocenters. The molecule has 0 unspecified atom stereocenters. The number of nitrogens with one attached hydrogen (secondary N) is 3. The van der Waals surface area contributed by atoms with Crippen LogP contribution in [-0.2, 0) is 4.79 Å². The Balaban J connectivity index is 1.96. The molecule has 1 saturated carbocycles. The lowest BCUT2D eigenvalue weighted by atomic mass is 10.4. The largest absolute Gasteiger partial charge is 0.356 e.